The molecule has 1 heterocycles. The summed E-state index contributed by atoms with van der Waals surface area (Å²) in [5, 5.41) is 20.8. The molecule has 1 aromatic heterocycles. The minimum Gasteiger partial charge on any atom is -0.456 e. The Morgan fingerprint density at radius 2 is 2.00 bits per heavy atom. The minimum atomic E-state index is -0.483. The molecule has 1 aliphatic carbocycles. The molecule has 8 nitrogen and oxygen atoms in total. The molecule has 8 heteroatoms. The van der Waals surface area contributed by atoms with Crippen LogP contribution in [0.2, 0.25) is 0 Å². The zero-order valence-corrected chi connectivity index (χ0v) is 11.4. The van der Waals surface area contributed by atoms with Crippen molar-refractivity contribution in [3.05, 3.63) is 46.6 Å². The highest BCUT2D eigenvalue weighted by Gasteiger charge is 2.29. The molecule has 1 amide bonds. The maximum atomic E-state index is 11.7. The molecule has 3 rings (SSSR count). The van der Waals surface area contributed by atoms with Crippen LogP contribution in [0.25, 0.3) is 0 Å². The normalized spacial score (nSPS) is 13.5. The largest absolute Gasteiger partial charge is 0.456 e. The van der Waals surface area contributed by atoms with Gasteiger partial charge in [0.15, 0.2) is 11.6 Å². The molecule has 1 aliphatic rings. The fourth-order valence-electron chi connectivity index (χ4n) is 1.81. The Kier molecular flexibility index (Phi) is 3.65. The van der Waals surface area contributed by atoms with Gasteiger partial charge in [0.2, 0.25) is 5.91 Å². The lowest BCUT2D eigenvalue weighted by Gasteiger charge is -2.07. The topological polar surface area (TPSA) is 107 Å². The van der Waals surface area contributed by atoms with Gasteiger partial charge in [-0.3, -0.25) is 14.9 Å². The second kappa shape index (κ2) is 5.76. The summed E-state index contributed by atoms with van der Waals surface area (Å²) in [5.41, 5.74) is -0.0161. The molecule has 0 atom stereocenters. The van der Waals surface area contributed by atoms with E-state index in [1.807, 2.05) is 0 Å². The maximum Gasteiger partial charge on any atom is 0.269 e. The van der Waals surface area contributed by atoms with Crippen LogP contribution in [0.1, 0.15) is 12.8 Å². The number of anilines is 1. The third-order valence-corrected chi connectivity index (χ3v) is 3.11. The van der Waals surface area contributed by atoms with Gasteiger partial charge in [-0.1, -0.05) is 0 Å². The second-order valence-corrected chi connectivity index (χ2v) is 4.89. The Bertz CT molecular complexity index is 713. The number of hydrogen-bond donors (Lipinski definition) is 1. The van der Waals surface area contributed by atoms with Crippen molar-refractivity contribution < 1.29 is 14.5 Å². The van der Waals surface area contributed by atoms with Crippen molar-refractivity contribution >= 4 is 17.4 Å². The molecule has 0 unspecified atom stereocenters. The van der Waals surface area contributed by atoms with E-state index in [1.54, 1.807) is 6.07 Å². The van der Waals surface area contributed by atoms with Crippen LogP contribution in [0.15, 0.2) is 36.5 Å². The van der Waals surface area contributed by atoms with Gasteiger partial charge in [-0.2, -0.15) is 5.10 Å². The molecule has 1 N–H and O–H groups in total. The molecule has 1 saturated carbocycles. The number of nitro benzene ring substituents is 1. The number of nitro groups is 1. The van der Waals surface area contributed by atoms with Crippen LogP contribution in [-0.4, -0.2) is 21.0 Å². The molecule has 0 aliphatic heterocycles. The fraction of sp³-hybridized carbons (Fsp3) is 0.214. The molecule has 0 spiro atoms. The standard InChI is InChI=1S/C14H12N4O4/c19-14(9-1-2-9)16-13-7-12(8-15-17-13)22-11-5-3-10(4-6-11)18(20)21/h3-9H,1-2H2,(H,16,17,19). The molecule has 0 bridgehead atoms. The molecule has 112 valence electrons. The monoisotopic (exact) mass is 300 g/mol. The summed E-state index contributed by atoms with van der Waals surface area (Å²) in [7, 11) is 0. The van der Waals surface area contributed by atoms with Gasteiger partial charge in [0, 0.05) is 24.1 Å². The zero-order valence-electron chi connectivity index (χ0n) is 11.4. The number of amides is 1. The van der Waals surface area contributed by atoms with E-state index < -0.39 is 4.92 Å². The van der Waals surface area contributed by atoms with Crippen molar-refractivity contribution in [2.75, 3.05) is 5.32 Å². The van der Waals surface area contributed by atoms with E-state index in [0.717, 1.165) is 12.8 Å². The summed E-state index contributed by atoms with van der Waals surface area (Å²) in [5.74, 6) is 1.13. The van der Waals surface area contributed by atoms with Gasteiger partial charge in [0.1, 0.15) is 5.75 Å². The fourth-order valence-corrected chi connectivity index (χ4v) is 1.81. The van der Waals surface area contributed by atoms with E-state index in [9.17, 15) is 14.9 Å². The van der Waals surface area contributed by atoms with Crippen LogP contribution in [0.3, 0.4) is 0 Å². The van der Waals surface area contributed by atoms with Crippen molar-refractivity contribution in [2.24, 2.45) is 5.92 Å². The molecule has 0 radical (unpaired) electrons. The van der Waals surface area contributed by atoms with Crippen LogP contribution in [0.4, 0.5) is 11.5 Å². The highest BCUT2D eigenvalue weighted by atomic mass is 16.6. The molecule has 0 saturated heterocycles. The highest BCUT2D eigenvalue weighted by Crippen LogP contribution is 2.30. The number of non-ortho nitro benzene ring substituents is 1. The summed E-state index contributed by atoms with van der Waals surface area (Å²) < 4.78 is 5.54. The summed E-state index contributed by atoms with van der Waals surface area (Å²) in [4.78, 5) is 21.8. The summed E-state index contributed by atoms with van der Waals surface area (Å²) in [6, 6.07) is 7.22. The Balaban J connectivity index is 1.69. The highest BCUT2D eigenvalue weighted by molar-refractivity contribution is 5.93. The van der Waals surface area contributed by atoms with E-state index in [-0.39, 0.29) is 17.5 Å². The van der Waals surface area contributed by atoms with Crippen LogP contribution in [-0.2, 0) is 4.79 Å². The number of nitrogens with zero attached hydrogens (tertiary/aromatic N) is 3. The van der Waals surface area contributed by atoms with E-state index in [1.165, 1.54) is 30.5 Å². The average Bonchev–Trinajstić information content (AvgIpc) is 3.33. The Morgan fingerprint density at radius 1 is 1.27 bits per heavy atom. The molecule has 1 fully saturated rings. The quantitative estimate of drug-likeness (QED) is 0.671. The Morgan fingerprint density at radius 3 is 2.64 bits per heavy atom. The SMILES string of the molecule is O=C(Nc1cc(Oc2ccc([N+](=O)[O-])cc2)cnn1)C1CC1. The van der Waals surface area contributed by atoms with Crippen molar-refractivity contribution in [3.63, 3.8) is 0 Å². The third-order valence-electron chi connectivity index (χ3n) is 3.11. The molecule has 1 aromatic carbocycles. The van der Waals surface area contributed by atoms with Crippen molar-refractivity contribution in [1.29, 1.82) is 0 Å². The Labute approximate surface area is 125 Å². The predicted octanol–water partition coefficient (Wildman–Crippen LogP) is 2.53. The number of carbonyl (C=O) groups is 1. The predicted molar refractivity (Wildman–Crippen MR) is 76.6 cm³/mol. The van der Waals surface area contributed by atoms with Gasteiger partial charge in [0.05, 0.1) is 11.1 Å². The summed E-state index contributed by atoms with van der Waals surface area (Å²) in [6.07, 6.45) is 3.20. The number of benzene rings is 1. The first-order chi connectivity index (χ1) is 10.6. The number of carbonyl (C=O) groups excluding carboxylic acids is 1. The van der Waals surface area contributed by atoms with E-state index in [0.29, 0.717) is 17.3 Å². The van der Waals surface area contributed by atoms with E-state index in [2.05, 4.69) is 15.5 Å². The van der Waals surface area contributed by atoms with Crippen LogP contribution in [0.5, 0.6) is 11.5 Å². The smallest absolute Gasteiger partial charge is 0.269 e. The van der Waals surface area contributed by atoms with E-state index >= 15 is 0 Å². The lowest BCUT2D eigenvalue weighted by molar-refractivity contribution is -0.384. The van der Waals surface area contributed by atoms with Crippen LogP contribution >= 0.6 is 0 Å². The van der Waals surface area contributed by atoms with Gasteiger partial charge < -0.3 is 10.1 Å². The molecular formula is C14H12N4O4. The number of ether oxygens (including phenoxy) is 1. The number of aromatic nitrogens is 2. The maximum absolute atomic E-state index is 11.7. The minimum absolute atomic E-state index is 0.0161. The summed E-state index contributed by atoms with van der Waals surface area (Å²) in [6.45, 7) is 0. The first-order valence-electron chi connectivity index (χ1n) is 6.68. The lowest BCUT2D eigenvalue weighted by atomic mass is 10.3. The average molecular weight is 300 g/mol. The zero-order chi connectivity index (χ0) is 15.5. The van der Waals surface area contributed by atoms with Crippen LogP contribution < -0.4 is 10.1 Å². The van der Waals surface area contributed by atoms with Gasteiger partial charge in [-0.25, -0.2) is 0 Å². The Hall–Kier alpha value is -3.03. The van der Waals surface area contributed by atoms with Gasteiger partial charge in [0.25, 0.3) is 5.69 Å². The second-order valence-electron chi connectivity index (χ2n) is 4.89. The third kappa shape index (κ3) is 3.35. The van der Waals surface area contributed by atoms with Crippen molar-refractivity contribution in [3.8, 4) is 11.5 Å². The lowest BCUT2D eigenvalue weighted by Crippen LogP contribution is -2.14. The first kappa shape index (κ1) is 13.9. The van der Waals surface area contributed by atoms with Gasteiger partial charge in [-0.05, 0) is 25.0 Å². The van der Waals surface area contributed by atoms with Crippen molar-refractivity contribution in [2.45, 2.75) is 12.8 Å². The van der Waals surface area contributed by atoms with E-state index in [4.69, 9.17) is 4.74 Å². The van der Waals surface area contributed by atoms with Crippen molar-refractivity contribution in [1.82, 2.24) is 10.2 Å². The molecule has 22 heavy (non-hydrogen) atoms. The van der Waals surface area contributed by atoms with Crippen LogP contribution in [0, 0.1) is 16.0 Å². The van der Waals surface area contributed by atoms with Gasteiger partial charge in [-0.15, -0.1) is 5.10 Å². The number of nitrogens with one attached hydrogen (secondary N) is 1. The molecular weight excluding hydrogens is 288 g/mol. The number of hydrogen-bond acceptors (Lipinski definition) is 6. The number of rotatable bonds is 5. The van der Waals surface area contributed by atoms with Gasteiger partial charge >= 0.3 is 0 Å². The summed E-state index contributed by atoms with van der Waals surface area (Å²) >= 11 is 0. The molecule has 2 aromatic rings. The first-order valence-corrected chi connectivity index (χ1v) is 6.68.